The zero-order chi connectivity index (χ0) is 9.40. The molecule has 1 aliphatic heterocycles. The first-order valence-corrected chi connectivity index (χ1v) is 3.73. The second kappa shape index (κ2) is 8.99. The van der Waals surface area contributed by atoms with E-state index in [9.17, 15) is 4.79 Å². The van der Waals surface area contributed by atoms with Gasteiger partial charge in [0.2, 0.25) is 0 Å². The highest BCUT2D eigenvalue weighted by molar-refractivity contribution is 5.69. The molecule has 13 heavy (non-hydrogen) atoms. The average molecular weight is 190 g/mol. The maximum atomic E-state index is 10.4. The minimum absolute atomic E-state index is 0. The SMILES string of the molecule is C.CC=O.CNCC1CNC(=O)O1. The summed E-state index contributed by atoms with van der Waals surface area (Å²) in [6.45, 7) is 2.79. The Bertz CT molecular complexity index is 150. The van der Waals surface area contributed by atoms with E-state index in [1.807, 2.05) is 7.05 Å². The normalized spacial score (nSPS) is 18.6. The van der Waals surface area contributed by atoms with Crippen molar-refractivity contribution in [3.05, 3.63) is 0 Å². The fraction of sp³-hybridized carbons (Fsp3) is 0.750. The van der Waals surface area contributed by atoms with Crippen LogP contribution in [0.4, 0.5) is 4.79 Å². The molecule has 1 aliphatic rings. The van der Waals surface area contributed by atoms with Crippen LogP contribution in [-0.2, 0) is 9.53 Å². The van der Waals surface area contributed by atoms with Crippen LogP contribution in [0.2, 0.25) is 0 Å². The molecule has 1 rings (SSSR count). The maximum Gasteiger partial charge on any atom is 0.407 e. The molecule has 0 saturated carbocycles. The molecular weight excluding hydrogens is 172 g/mol. The summed E-state index contributed by atoms with van der Waals surface area (Å²) in [7, 11) is 1.83. The molecule has 1 amide bonds. The van der Waals surface area contributed by atoms with Crippen LogP contribution in [0.25, 0.3) is 0 Å². The minimum Gasteiger partial charge on any atom is -0.443 e. The average Bonchev–Trinajstić information content (AvgIpc) is 2.38. The molecule has 0 spiro atoms. The first-order chi connectivity index (χ1) is 5.74. The van der Waals surface area contributed by atoms with E-state index in [-0.39, 0.29) is 19.6 Å². The van der Waals surface area contributed by atoms with Crippen molar-refractivity contribution in [1.82, 2.24) is 10.6 Å². The van der Waals surface area contributed by atoms with E-state index < -0.39 is 0 Å². The number of aldehydes is 1. The molecule has 0 bridgehead atoms. The van der Waals surface area contributed by atoms with E-state index in [4.69, 9.17) is 9.53 Å². The number of rotatable bonds is 2. The van der Waals surface area contributed by atoms with Crippen LogP contribution >= 0.6 is 0 Å². The third-order valence-electron chi connectivity index (χ3n) is 1.18. The molecule has 0 aromatic rings. The molecule has 0 radical (unpaired) electrons. The van der Waals surface area contributed by atoms with Crippen LogP contribution in [0.1, 0.15) is 14.4 Å². The Labute approximate surface area is 78.8 Å². The number of cyclic esters (lactones) is 1. The van der Waals surface area contributed by atoms with Gasteiger partial charge in [-0.1, -0.05) is 7.43 Å². The molecule has 1 unspecified atom stereocenters. The standard InChI is InChI=1S/C5H10N2O2.C2H4O.CH4/c1-6-2-4-3-7-5(8)9-4;1-2-3;/h4,6H,2-3H2,1H3,(H,7,8);2H,1H3;1H4. The predicted octanol–water partition coefficient (Wildman–Crippen LogP) is 0.155. The van der Waals surface area contributed by atoms with Crippen molar-refractivity contribution in [2.24, 2.45) is 0 Å². The summed E-state index contributed by atoms with van der Waals surface area (Å²) in [6.07, 6.45) is 0.456. The number of amides is 1. The number of hydrogen-bond donors (Lipinski definition) is 2. The number of nitrogens with one attached hydrogen (secondary N) is 2. The van der Waals surface area contributed by atoms with Gasteiger partial charge >= 0.3 is 6.09 Å². The summed E-state index contributed by atoms with van der Waals surface area (Å²) in [5.41, 5.74) is 0. The highest BCUT2D eigenvalue weighted by atomic mass is 16.6. The van der Waals surface area contributed by atoms with Gasteiger partial charge in [0.25, 0.3) is 0 Å². The minimum atomic E-state index is -0.310. The number of alkyl carbamates (subject to hydrolysis) is 1. The van der Waals surface area contributed by atoms with Gasteiger partial charge in [0.05, 0.1) is 6.54 Å². The monoisotopic (exact) mass is 190 g/mol. The second-order valence-electron chi connectivity index (χ2n) is 2.20. The summed E-state index contributed by atoms with van der Waals surface area (Å²) in [5.74, 6) is 0. The lowest BCUT2D eigenvalue weighted by molar-refractivity contribution is -0.106. The van der Waals surface area contributed by atoms with E-state index in [1.54, 1.807) is 0 Å². The lowest BCUT2D eigenvalue weighted by Gasteiger charge is -2.03. The molecule has 5 nitrogen and oxygen atoms in total. The fourth-order valence-electron chi connectivity index (χ4n) is 0.773. The number of hydrogen-bond acceptors (Lipinski definition) is 4. The first-order valence-electron chi connectivity index (χ1n) is 3.73. The molecule has 5 heteroatoms. The zero-order valence-electron chi connectivity index (χ0n) is 7.29. The number of likely N-dealkylation sites (N-methyl/N-ethyl adjacent to an activating group) is 1. The number of carbonyl (C=O) groups excluding carboxylic acids is 2. The Morgan fingerprint density at radius 1 is 1.77 bits per heavy atom. The van der Waals surface area contributed by atoms with Gasteiger partial charge in [0.15, 0.2) is 0 Å². The lowest BCUT2D eigenvalue weighted by Crippen LogP contribution is -2.26. The number of carbonyl (C=O) groups is 2. The summed E-state index contributed by atoms with van der Waals surface area (Å²) < 4.78 is 4.79. The van der Waals surface area contributed by atoms with Gasteiger partial charge in [0, 0.05) is 6.54 Å². The highest BCUT2D eigenvalue weighted by Gasteiger charge is 2.20. The first kappa shape index (κ1) is 14.4. The summed E-state index contributed by atoms with van der Waals surface area (Å²) in [5, 5.41) is 5.47. The Morgan fingerprint density at radius 3 is 2.62 bits per heavy atom. The van der Waals surface area contributed by atoms with E-state index in [0.29, 0.717) is 6.54 Å². The van der Waals surface area contributed by atoms with Gasteiger partial charge in [-0.05, 0) is 14.0 Å². The van der Waals surface area contributed by atoms with Gasteiger partial charge in [-0.3, -0.25) is 0 Å². The molecule has 1 heterocycles. The molecule has 78 valence electrons. The van der Waals surface area contributed by atoms with Crippen molar-refractivity contribution in [2.75, 3.05) is 20.1 Å². The second-order valence-corrected chi connectivity index (χ2v) is 2.20. The molecule has 1 atom stereocenters. The zero-order valence-corrected chi connectivity index (χ0v) is 7.29. The van der Waals surface area contributed by atoms with Gasteiger partial charge in [-0.15, -0.1) is 0 Å². The third kappa shape index (κ3) is 7.27. The van der Waals surface area contributed by atoms with E-state index in [1.165, 1.54) is 6.92 Å². The summed E-state index contributed by atoms with van der Waals surface area (Å²) in [4.78, 5) is 19.2. The van der Waals surface area contributed by atoms with Crippen LogP contribution < -0.4 is 10.6 Å². The van der Waals surface area contributed by atoms with E-state index >= 15 is 0 Å². The van der Waals surface area contributed by atoms with Crippen molar-refractivity contribution < 1.29 is 14.3 Å². The highest BCUT2D eigenvalue weighted by Crippen LogP contribution is 1.96. The maximum absolute atomic E-state index is 10.4. The Kier molecular flexibility index (Phi) is 9.98. The van der Waals surface area contributed by atoms with Crippen LogP contribution in [-0.4, -0.2) is 38.6 Å². The van der Waals surface area contributed by atoms with Crippen LogP contribution in [0.3, 0.4) is 0 Å². The van der Waals surface area contributed by atoms with E-state index in [2.05, 4.69) is 10.6 Å². The largest absolute Gasteiger partial charge is 0.443 e. The molecule has 0 aromatic carbocycles. The molecule has 1 fully saturated rings. The van der Waals surface area contributed by atoms with Crippen LogP contribution in [0.15, 0.2) is 0 Å². The molecule has 1 saturated heterocycles. The summed E-state index contributed by atoms with van der Waals surface area (Å²) >= 11 is 0. The Hall–Kier alpha value is -1.10. The third-order valence-corrected chi connectivity index (χ3v) is 1.18. The Balaban J connectivity index is 0. The molecular formula is C8H18N2O3. The smallest absolute Gasteiger partial charge is 0.407 e. The quantitative estimate of drug-likeness (QED) is 0.608. The van der Waals surface area contributed by atoms with E-state index in [0.717, 1.165) is 12.8 Å². The number of ether oxygens (including phenoxy) is 1. The van der Waals surface area contributed by atoms with Crippen molar-refractivity contribution in [1.29, 1.82) is 0 Å². The Morgan fingerprint density at radius 2 is 2.31 bits per heavy atom. The van der Waals surface area contributed by atoms with Gasteiger partial charge < -0.3 is 20.2 Å². The van der Waals surface area contributed by atoms with Gasteiger partial charge in [0.1, 0.15) is 12.4 Å². The van der Waals surface area contributed by atoms with Crippen molar-refractivity contribution in [2.45, 2.75) is 20.5 Å². The molecule has 2 N–H and O–H groups in total. The van der Waals surface area contributed by atoms with Crippen molar-refractivity contribution in [3.8, 4) is 0 Å². The van der Waals surface area contributed by atoms with Crippen LogP contribution in [0, 0.1) is 0 Å². The molecule has 0 aromatic heterocycles. The van der Waals surface area contributed by atoms with Crippen molar-refractivity contribution in [3.63, 3.8) is 0 Å². The van der Waals surface area contributed by atoms with Gasteiger partial charge in [-0.2, -0.15) is 0 Å². The predicted molar refractivity (Wildman–Crippen MR) is 50.7 cm³/mol. The molecule has 0 aliphatic carbocycles. The van der Waals surface area contributed by atoms with Crippen molar-refractivity contribution >= 4 is 12.4 Å². The van der Waals surface area contributed by atoms with Gasteiger partial charge in [-0.25, -0.2) is 4.79 Å². The summed E-state index contributed by atoms with van der Waals surface area (Å²) in [6, 6.07) is 0. The fourth-order valence-corrected chi connectivity index (χ4v) is 0.773. The lowest BCUT2D eigenvalue weighted by atomic mass is 10.4. The topological polar surface area (TPSA) is 67.4 Å². The van der Waals surface area contributed by atoms with Crippen LogP contribution in [0.5, 0.6) is 0 Å².